The zero-order chi connectivity index (χ0) is 5.82. The molecule has 1 heterocycles. The predicted molar refractivity (Wildman–Crippen MR) is 35.6 cm³/mol. The van der Waals surface area contributed by atoms with Gasteiger partial charge >= 0.3 is 0 Å². The van der Waals surface area contributed by atoms with Gasteiger partial charge < -0.3 is 11.7 Å². The van der Waals surface area contributed by atoms with Gasteiger partial charge in [-0.1, -0.05) is 13.3 Å². The molecule has 0 saturated carbocycles. The third-order valence-electron chi connectivity index (χ3n) is 1.60. The van der Waals surface area contributed by atoms with Gasteiger partial charge in [0.2, 0.25) is 0 Å². The number of nitrogens with one attached hydrogen (secondary N) is 1. The van der Waals surface area contributed by atoms with E-state index >= 15 is 0 Å². The fourth-order valence-electron chi connectivity index (χ4n) is 1.05. The van der Waals surface area contributed by atoms with Crippen molar-refractivity contribution in [1.29, 1.82) is 0 Å². The molecule has 0 bridgehead atoms. The number of rotatable bonds is 0. The molecule has 0 aromatic carbocycles. The van der Waals surface area contributed by atoms with E-state index in [1.165, 1.54) is 25.8 Å². The van der Waals surface area contributed by atoms with Crippen LogP contribution >= 0.6 is 0 Å². The molecule has 1 aliphatic heterocycles. The summed E-state index contributed by atoms with van der Waals surface area (Å²) in [6, 6.07) is 0.720. The van der Waals surface area contributed by atoms with Gasteiger partial charge in [-0.05, 0) is 12.6 Å². The minimum atomic E-state index is 0. The number of hydrogen-bond donors (Lipinski definition) is 1. The normalized spacial score (nSPS) is 28.3. The molecule has 0 aliphatic carbocycles. The largest absolute Gasteiger partial charge is 0.327 e. The van der Waals surface area contributed by atoms with Gasteiger partial charge in [0.1, 0.15) is 0 Å². The van der Waals surface area contributed by atoms with Crippen LogP contribution in [0.2, 0.25) is 0 Å². The molecule has 1 fully saturated rings. The van der Waals surface area contributed by atoms with Crippen LogP contribution < -0.4 is 5.32 Å². The predicted octanol–water partition coefficient (Wildman–Crippen LogP) is 1.35. The summed E-state index contributed by atoms with van der Waals surface area (Å²) in [5, 5.41) is 3.41. The topological polar surface area (TPSA) is 12.0 Å². The summed E-state index contributed by atoms with van der Waals surface area (Å²) >= 11 is 0. The molecule has 1 N–H and O–H groups in total. The maximum absolute atomic E-state index is 3.41. The van der Waals surface area contributed by atoms with Gasteiger partial charge in [0.15, 0.2) is 0 Å². The van der Waals surface area contributed by atoms with E-state index < -0.39 is 0 Å². The Balaban J connectivity index is 0.000000640. The fraction of sp³-hybridized carbons (Fsp3) is 0.857. The van der Waals surface area contributed by atoms with Crippen LogP contribution in [0.4, 0.5) is 0 Å². The Labute approximate surface area is 85.6 Å². The molecule has 1 radical (unpaired) electrons. The monoisotopic (exact) mass is 251 g/mol. The van der Waals surface area contributed by atoms with Crippen LogP contribution in [0.25, 0.3) is 0 Å². The first-order valence-electron chi connectivity index (χ1n) is 3.44. The van der Waals surface area contributed by atoms with Gasteiger partial charge in [0.05, 0.1) is 0 Å². The fourth-order valence-corrected chi connectivity index (χ4v) is 1.05. The zero-order valence-electron chi connectivity index (χ0n) is 6.06. The first-order chi connectivity index (χ1) is 3.89. The van der Waals surface area contributed by atoms with E-state index in [9.17, 15) is 0 Å². The van der Waals surface area contributed by atoms with Crippen LogP contribution in [0.3, 0.4) is 0 Å². The van der Waals surface area contributed by atoms with Crippen LogP contribution in [-0.4, -0.2) is 12.6 Å². The van der Waals surface area contributed by atoms with E-state index in [1.807, 2.05) is 0 Å². The second-order valence-electron chi connectivity index (χ2n) is 2.52. The summed E-state index contributed by atoms with van der Waals surface area (Å²) in [4.78, 5) is 0. The molecule has 9 heavy (non-hydrogen) atoms. The smallest absolute Gasteiger partial charge is 0 e. The summed E-state index contributed by atoms with van der Waals surface area (Å²) < 4.78 is 0. The van der Waals surface area contributed by atoms with Gasteiger partial charge in [-0.2, -0.15) is 12.8 Å². The summed E-state index contributed by atoms with van der Waals surface area (Å²) in [5.74, 6) is 0. The van der Waals surface area contributed by atoms with Crippen molar-refractivity contribution in [2.24, 2.45) is 0 Å². The van der Waals surface area contributed by atoms with Crippen molar-refractivity contribution in [1.82, 2.24) is 5.32 Å². The zero-order valence-corrected chi connectivity index (χ0v) is 9.69. The summed E-state index contributed by atoms with van der Waals surface area (Å²) in [6.07, 6.45) is 6.26. The first kappa shape index (κ1) is 10.2. The Morgan fingerprint density at radius 2 is 2.33 bits per heavy atom. The maximum atomic E-state index is 3.41. The van der Waals surface area contributed by atoms with Crippen LogP contribution in [-0.2, 0) is 0 Å². The molecule has 1 aliphatic rings. The van der Waals surface area contributed by atoms with Gasteiger partial charge in [0.25, 0.3) is 0 Å². The molecular formula is C7H14LaN-. The Morgan fingerprint density at radius 1 is 1.56 bits per heavy atom. The van der Waals surface area contributed by atoms with Crippen LogP contribution in [0.15, 0.2) is 0 Å². The van der Waals surface area contributed by atoms with E-state index in [-0.39, 0.29) is 35.6 Å². The molecule has 0 amide bonds. The maximum Gasteiger partial charge on any atom is 0 e. The third kappa shape index (κ3) is 4.54. The van der Waals surface area contributed by atoms with E-state index in [1.54, 1.807) is 0 Å². The van der Waals surface area contributed by atoms with Crippen molar-refractivity contribution in [2.75, 3.05) is 6.54 Å². The van der Waals surface area contributed by atoms with E-state index in [0.717, 1.165) is 6.04 Å². The molecule has 0 aromatic rings. The van der Waals surface area contributed by atoms with Crippen LogP contribution in [0, 0.1) is 42.0 Å². The molecule has 1 rings (SSSR count). The third-order valence-corrected chi connectivity index (χ3v) is 1.60. The quantitative estimate of drug-likeness (QED) is 0.641. The van der Waals surface area contributed by atoms with Gasteiger partial charge in [-0.25, -0.2) is 0 Å². The Hall–Kier alpha value is 1.15. The summed E-state index contributed by atoms with van der Waals surface area (Å²) in [5.41, 5.74) is 0. The average Bonchev–Trinajstić information content (AvgIpc) is 1.94. The van der Waals surface area contributed by atoms with Crippen molar-refractivity contribution in [3.05, 3.63) is 6.42 Å². The minimum Gasteiger partial charge on any atom is -0.327 e. The van der Waals surface area contributed by atoms with E-state index in [2.05, 4.69) is 18.7 Å². The van der Waals surface area contributed by atoms with Gasteiger partial charge in [-0.3, -0.25) is 0 Å². The molecule has 1 saturated heterocycles. The van der Waals surface area contributed by atoms with Gasteiger partial charge in [0, 0.05) is 35.6 Å². The molecule has 1 nitrogen and oxygen atoms in total. The SMILES string of the molecule is CC1C[CH-]CCCN1.[La]. The molecule has 1 atom stereocenters. The number of hydrogen-bond acceptors (Lipinski definition) is 1. The second kappa shape index (κ2) is 5.90. The molecule has 2 heteroatoms. The standard InChI is InChI=1S/C7H14N.La/c1-7-5-3-2-4-6-8-7;/h3,7-8H,2,4-6H2,1H3;/q-1;. The van der Waals surface area contributed by atoms with Crippen LogP contribution in [0.1, 0.15) is 26.2 Å². The second-order valence-corrected chi connectivity index (χ2v) is 2.52. The van der Waals surface area contributed by atoms with Gasteiger partial charge in [-0.15, -0.1) is 0 Å². The van der Waals surface area contributed by atoms with Crippen molar-refractivity contribution in [3.63, 3.8) is 0 Å². The molecule has 0 spiro atoms. The van der Waals surface area contributed by atoms with Crippen molar-refractivity contribution in [2.45, 2.75) is 32.2 Å². The van der Waals surface area contributed by atoms with E-state index in [4.69, 9.17) is 0 Å². The Kier molecular flexibility index (Phi) is 6.66. The molecule has 0 aromatic heterocycles. The van der Waals surface area contributed by atoms with Crippen molar-refractivity contribution < 1.29 is 35.6 Å². The Bertz CT molecular complexity index is 57.9. The first-order valence-corrected chi connectivity index (χ1v) is 3.44. The molecule has 1 unspecified atom stereocenters. The van der Waals surface area contributed by atoms with E-state index in [0.29, 0.717) is 0 Å². The van der Waals surface area contributed by atoms with Crippen molar-refractivity contribution in [3.8, 4) is 0 Å². The minimum absolute atomic E-state index is 0. The summed E-state index contributed by atoms with van der Waals surface area (Å²) in [6.45, 7) is 3.44. The molecular weight excluding hydrogens is 237 g/mol. The molecule has 51 valence electrons. The summed E-state index contributed by atoms with van der Waals surface area (Å²) in [7, 11) is 0. The average molecular weight is 251 g/mol. The van der Waals surface area contributed by atoms with Crippen molar-refractivity contribution >= 4 is 0 Å². The Morgan fingerprint density at radius 3 is 3.11 bits per heavy atom. The van der Waals surface area contributed by atoms with Crippen LogP contribution in [0.5, 0.6) is 0 Å².